The molecule has 0 bridgehead atoms. The van der Waals surface area contributed by atoms with Crippen molar-refractivity contribution >= 4 is 52.5 Å². The molecule has 5 fully saturated rings. The summed E-state index contributed by atoms with van der Waals surface area (Å²) >= 11 is 19.5. The van der Waals surface area contributed by atoms with E-state index in [4.69, 9.17) is 120 Å². The van der Waals surface area contributed by atoms with E-state index >= 15 is 0 Å². The molecular formula is C86H98Cl3NO21. The van der Waals surface area contributed by atoms with Gasteiger partial charge in [0.05, 0.1) is 84.7 Å². The van der Waals surface area contributed by atoms with E-state index in [9.17, 15) is 14.4 Å². The van der Waals surface area contributed by atoms with Crippen molar-refractivity contribution in [3.05, 3.63) is 264 Å². The smallest absolute Gasteiger partial charge is 0.306 e. The van der Waals surface area contributed by atoms with Crippen molar-refractivity contribution < 1.29 is 99.6 Å². The lowest BCUT2D eigenvalue weighted by molar-refractivity contribution is -0.417. The highest BCUT2D eigenvalue weighted by molar-refractivity contribution is 6.76. The van der Waals surface area contributed by atoms with Crippen LogP contribution in [0.5, 0.6) is 0 Å². The summed E-state index contributed by atoms with van der Waals surface area (Å²) in [5.41, 5.74) is 5.94. The molecule has 1 N–H and O–H groups in total. The van der Waals surface area contributed by atoms with Crippen LogP contribution >= 0.6 is 34.8 Å². The highest BCUT2D eigenvalue weighted by Crippen LogP contribution is 2.43. The summed E-state index contributed by atoms with van der Waals surface area (Å²) in [6.45, 7) is 12.8. The first-order valence-electron chi connectivity index (χ1n) is 37.6. The van der Waals surface area contributed by atoms with Crippen molar-refractivity contribution in [2.75, 3.05) is 19.8 Å². The summed E-state index contributed by atoms with van der Waals surface area (Å²) in [7, 11) is 0. The van der Waals surface area contributed by atoms with Gasteiger partial charge in [-0.3, -0.25) is 9.59 Å². The number of carbonyl (C=O) groups excluding carboxylic acids is 3. The molecule has 7 aromatic rings. The molecule has 22 nitrogen and oxygen atoms in total. The Morgan fingerprint density at radius 3 is 1.31 bits per heavy atom. The number of ether oxygens (including phenoxy) is 18. The minimum Gasteiger partial charge on any atom is -0.457 e. The first-order chi connectivity index (χ1) is 53.8. The molecule has 20 atom stereocenters. The van der Waals surface area contributed by atoms with Crippen LogP contribution in [0.3, 0.4) is 0 Å². The Balaban J connectivity index is 1.04. The van der Waals surface area contributed by atoms with Gasteiger partial charge in [-0.1, -0.05) is 253 Å². The van der Waals surface area contributed by atoms with Gasteiger partial charge in [-0.2, -0.15) is 0 Å². The zero-order valence-corrected chi connectivity index (χ0v) is 65.0. The van der Waals surface area contributed by atoms with Gasteiger partial charge in [0.2, 0.25) is 0 Å². The van der Waals surface area contributed by atoms with Gasteiger partial charge in [0.1, 0.15) is 85.1 Å². The van der Waals surface area contributed by atoms with E-state index in [1.165, 1.54) is 6.92 Å². The van der Waals surface area contributed by atoms with Crippen LogP contribution in [0.2, 0.25) is 0 Å². The summed E-state index contributed by atoms with van der Waals surface area (Å²) < 4.78 is 125. The fourth-order valence-corrected chi connectivity index (χ4v) is 14.2. The van der Waals surface area contributed by atoms with Crippen LogP contribution in [0.4, 0.5) is 0 Å². The van der Waals surface area contributed by atoms with Crippen LogP contribution in [0.15, 0.2) is 225 Å². The SMILES string of the molecule is C=CCO[C@@H]1O[C@@H](C)[C@H](OCc2ccccc2)[C@@H](OCc2ccccc2)[C@H]1O[C@@H]1O[C@@H](C)[C@H](OCc2ccccc2)[C@@H](O[C@H]2O[C@H](COCc3ccccc3)[C@@H](OCc3ccccc3)[C@H](OCc3ccccc3)[C@H]2OCc2ccccc2)[C@H]1O[C@@H]1O[C@@H]2COC(C)(C)O[C@H]2[C@H](OC(=O)CCC(C)=O)[C@H]1NC(=O)C(Cl)(Cl)Cl. The predicted octanol–water partition coefficient (Wildman–Crippen LogP) is 13.3. The van der Waals surface area contributed by atoms with E-state index in [2.05, 4.69) is 11.9 Å². The van der Waals surface area contributed by atoms with E-state index in [-0.39, 0.29) is 84.7 Å². The van der Waals surface area contributed by atoms with Gasteiger partial charge in [0, 0.05) is 6.42 Å². The number of hydrogen-bond donors (Lipinski definition) is 1. The van der Waals surface area contributed by atoms with Crippen LogP contribution in [0.1, 0.15) is 86.4 Å². The number of alkyl halides is 3. The van der Waals surface area contributed by atoms with Gasteiger partial charge < -0.3 is 95.4 Å². The molecule has 0 saturated carbocycles. The number of benzene rings is 7. The molecule has 5 saturated heterocycles. The Morgan fingerprint density at radius 2 is 0.847 bits per heavy atom. The topological polar surface area (TPSA) is 229 Å². The number of amides is 1. The summed E-state index contributed by atoms with van der Waals surface area (Å²) in [4.78, 5) is 41.5. The maximum absolute atomic E-state index is 14.6. The highest BCUT2D eigenvalue weighted by Gasteiger charge is 2.61. The summed E-state index contributed by atoms with van der Waals surface area (Å²) in [5.74, 6) is -3.60. The molecule has 12 rings (SSSR count). The molecule has 0 spiro atoms. The Bertz CT molecular complexity index is 3960. The minimum absolute atomic E-state index is 0.0129. The van der Waals surface area contributed by atoms with E-state index in [0.717, 1.165) is 38.9 Å². The van der Waals surface area contributed by atoms with Gasteiger partial charge in [-0.25, -0.2) is 0 Å². The molecule has 1 amide bonds. The Kier molecular flexibility index (Phi) is 30.8. The van der Waals surface area contributed by atoms with Gasteiger partial charge in [0.25, 0.3) is 9.70 Å². The summed E-state index contributed by atoms with van der Waals surface area (Å²) in [6.07, 6.45) is -22.4. The van der Waals surface area contributed by atoms with Crippen LogP contribution in [0.25, 0.3) is 0 Å². The third-order valence-corrected chi connectivity index (χ3v) is 20.1. The van der Waals surface area contributed by atoms with Gasteiger partial charge >= 0.3 is 5.97 Å². The van der Waals surface area contributed by atoms with Crippen LogP contribution < -0.4 is 5.32 Å². The van der Waals surface area contributed by atoms with Gasteiger partial charge in [-0.05, 0) is 73.6 Å². The number of carbonyl (C=O) groups is 3. The molecule has 5 aliphatic heterocycles. The molecule has 0 radical (unpaired) electrons. The van der Waals surface area contributed by atoms with E-state index in [1.807, 2.05) is 226 Å². The second-order valence-electron chi connectivity index (χ2n) is 28.4. The molecular weight excluding hydrogens is 1490 g/mol. The van der Waals surface area contributed by atoms with Crippen molar-refractivity contribution in [3.8, 4) is 0 Å². The maximum Gasteiger partial charge on any atom is 0.306 e. The molecule has 594 valence electrons. The zero-order chi connectivity index (χ0) is 77.7. The van der Waals surface area contributed by atoms with E-state index in [0.29, 0.717) is 0 Å². The van der Waals surface area contributed by atoms with Crippen molar-refractivity contribution in [1.82, 2.24) is 5.32 Å². The lowest BCUT2D eigenvalue weighted by Gasteiger charge is -2.54. The fraction of sp³-hybridized carbons (Fsp3) is 0.453. The molecule has 0 aliphatic carbocycles. The number of Topliss-reactive ketones (excluding diaryl/α,β-unsaturated/α-hetero) is 1. The van der Waals surface area contributed by atoms with E-state index in [1.54, 1.807) is 19.9 Å². The summed E-state index contributed by atoms with van der Waals surface area (Å²) in [6, 6.07) is 66.1. The Hall–Kier alpha value is -6.92. The molecule has 7 aromatic carbocycles. The molecule has 0 aromatic heterocycles. The zero-order valence-electron chi connectivity index (χ0n) is 62.7. The van der Waals surface area contributed by atoms with Gasteiger partial charge in [-0.15, -0.1) is 6.58 Å². The molecule has 5 heterocycles. The number of esters is 1. The lowest BCUT2D eigenvalue weighted by Crippen LogP contribution is -2.72. The van der Waals surface area contributed by atoms with Crippen molar-refractivity contribution in [2.45, 2.75) is 226 Å². The number of hydrogen-bond acceptors (Lipinski definition) is 21. The van der Waals surface area contributed by atoms with E-state index < -0.39 is 144 Å². The Labute approximate surface area is 663 Å². The second-order valence-corrected chi connectivity index (χ2v) is 30.7. The molecule has 0 unspecified atom stereocenters. The first-order valence-corrected chi connectivity index (χ1v) is 38.7. The van der Waals surface area contributed by atoms with Crippen molar-refractivity contribution in [2.24, 2.45) is 0 Å². The number of halogens is 3. The quantitative estimate of drug-likeness (QED) is 0.0219. The highest BCUT2D eigenvalue weighted by atomic mass is 35.6. The normalized spacial score (nSPS) is 29.3. The van der Waals surface area contributed by atoms with Crippen LogP contribution in [0, 0.1) is 0 Å². The average molecular weight is 1590 g/mol. The van der Waals surface area contributed by atoms with Gasteiger partial charge in [0.15, 0.2) is 37.1 Å². The number of ketones is 1. The largest absolute Gasteiger partial charge is 0.457 e. The maximum atomic E-state index is 14.6. The van der Waals surface area contributed by atoms with Crippen molar-refractivity contribution in [1.29, 1.82) is 0 Å². The lowest BCUT2D eigenvalue weighted by atomic mass is 9.93. The minimum atomic E-state index is -2.64. The number of rotatable bonds is 36. The third kappa shape index (κ3) is 23.6. The fourth-order valence-electron chi connectivity index (χ4n) is 14.0. The van der Waals surface area contributed by atoms with Crippen LogP contribution in [-0.2, 0) is 146 Å². The average Bonchev–Trinajstić information content (AvgIpc) is 0.751. The number of fused-ring (bicyclic) bond motifs is 1. The molecule has 5 aliphatic rings. The Morgan fingerprint density at radius 1 is 0.459 bits per heavy atom. The number of nitrogens with one attached hydrogen (secondary N) is 1. The summed E-state index contributed by atoms with van der Waals surface area (Å²) in [5, 5.41) is 2.81. The molecule has 111 heavy (non-hydrogen) atoms. The monoisotopic (exact) mass is 1590 g/mol. The van der Waals surface area contributed by atoms with Crippen molar-refractivity contribution in [3.63, 3.8) is 0 Å². The third-order valence-electron chi connectivity index (χ3n) is 19.6. The molecule has 25 heteroatoms. The predicted molar refractivity (Wildman–Crippen MR) is 410 cm³/mol. The van der Waals surface area contributed by atoms with Crippen LogP contribution in [-0.4, -0.2) is 170 Å². The first kappa shape index (κ1) is 83.5. The standard InChI is InChI=1S/C86H98Cl3NO21/c1-7-45-95-81-78(74(99-50-62-37-23-12-24-38-62)69(56(3)103-81)96-47-59-31-17-9-18-32-59)110-83-79(109-80-68(90-84(93)86(87,88)89)73(107-67(92)44-43-55(2)91)72-66(105-80)54-102-85(5,6)111-72)76(70(57(4)104-83)97-48-60-33-19-10-20-34-60)108-82-77(101-52-64-41-27-14-28-42-64)75(100-51-63-39-25-13-26-40-63)71(98-49-61-35-21-11-22-36-61)65(106-82)53-94-46-58-29-15-8-16-30-58/h7-42,56-57,65-66,68-83H,1,43-54H2,2-6H3,(H,90,93)/t56-,57-,65+,66+,68+,69-,70-,71+,72+,73+,74+,75-,76+,77+,78+,79+,80-,81+,82+,83-/m0/s1. The second kappa shape index (κ2) is 40.9.